The van der Waals surface area contributed by atoms with E-state index in [1.54, 1.807) is 6.20 Å². The van der Waals surface area contributed by atoms with Crippen molar-refractivity contribution in [3.05, 3.63) is 66.2 Å². The molecule has 0 amide bonds. The molecule has 0 saturated heterocycles. The molecule has 108 valence electrons. The molecule has 0 aliphatic rings. The van der Waals surface area contributed by atoms with Gasteiger partial charge in [-0.1, -0.05) is 18.2 Å². The van der Waals surface area contributed by atoms with Crippen molar-refractivity contribution in [1.29, 1.82) is 0 Å². The number of benzene rings is 1. The molecule has 0 atom stereocenters. The molecule has 1 N–H and O–H groups in total. The van der Waals surface area contributed by atoms with Crippen LogP contribution in [0, 0.1) is 0 Å². The number of aryl methyl sites for hydroxylation is 1. The molecule has 5 heteroatoms. The summed E-state index contributed by atoms with van der Waals surface area (Å²) in [5, 5.41) is 12.0. The van der Waals surface area contributed by atoms with Crippen LogP contribution < -0.4 is 5.32 Å². The van der Waals surface area contributed by atoms with Crippen LogP contribution in [0.2, 0.25) is 0 Å². The van der Waals surface area contributed by atoms with Gasteiger partial charge in [-0.25, -0.2) is 4.68 Å². The monoisotopic (exact) mass is 281 g/mol. The average Bonchev–Trinajstić information content (AvgIpc) is 3.19. The SMILES string of the molecule is CCn1cc(CNCc2ccccc2-n2cccn2)cn1. The van der Waals surface area contributed by atoms with Gasteiger partial charge in [0.25, 0.3) is 0 Å². The Morgan fingerprint density at radius 1 is 1.10 bits per heavy atom. The van der Waals surface area contributed by atoms with Gasteiger partial charge in [0.05, 0.1) is 11.9 Å². The molecule has 5 nitrogen and oxygen atoms in total. The van der Waals surface area contributed by atoms with E-state index in [2.05, 4.69) is 46.8 Å². The molecule has 0 bridgehead atoms. The van der Waals surface area contributed by atoms with E-state index in [1.807, 2.05) is 33.9 Å². The van der Waals surface area contributed by atoms with E-state index in [1.165, 1.54) is 11.1 Å². The van der Waals surface area contributed by atoms with E-state index < -0.39 is 0 Å². The minimum Gasteiger partial charge on any atom is -0.308 e. The highest BCUT2D eigenvalue weighted by atomic mass is 15.3. The van der Waals surface area contributed by atoms with Gasteiger partial charge in [0, 0.05) is 43.8 Å². The van der Waals surface area contributed by atoms with E-state index in [0.29, 0.717) is 0 Å². The van der Waals surface area contributed by atoms with E-state index in [4.69, 9.17) is 0 Å². The zero-order valence-electron chi connectivity index (χ0n) is 12.1. The summed E-state index contributed by atoms with van der Waals surface area (Å²) < 4.78 is 3.83. The summed E-state index contributed by atoms with van der Waals surface area (Å²) in [6, 6.07) is 10.2. The van der Waals surface area contributed by atoms with Gasteiger partial charge in [-0.3, -0.25) is 4.68 Å². The van der Waals surface area contributed by atoms with Crippen molar-refractivity contribution in [3.8, 4) is 5.69 Å². The second kappa shape index (κ2) is 6.37. The van der Waals surface area contributed by atoms with Gasteiger partial charge in [0.2, 0.25) is 0 Å². The first-order valence-electron chi connectivity index (χ1n) is 7.17. The molecule has 0 radical (unpaired) electrons. The minimum absolute atomic E-state index is 0.799. The first kappa shape index (κ1) is 13.6. The molecule has 0 unspecified atom stereocenters. The number of aromatic nitrogens is 4. The summed E-state index contributed by atoms with van der Waals surface area (Å²) in [7, 11) is 0. The molecule has 3 rings (SSSR count). The lowest BCUT2D eigenvalue weighted by atomic mass is 10.1. The molecular weight excluding hydrogens is 262 g/mol. The van der Waals surface area contributed by atoms with Crippen molar-refractivity contribution in [1.82, 2.24) is 24.9 Å². The lowest BCUT2D eigenvalue weighted by molar-refractivity contribution is 0.655. The first-order valence-corrected chi connectivity index (χ1v) is 7.17. The predicted octanol–water partition coefficient (Wildman–Crippen LogP) is 2.38. The van der Waals surface area contributed by atoms with Crippen LogP contribution in [0.4, 0.5) is 0 Å². The molecule has 0 aliphatic carbocycles. The summed E-state index contributed by atoms with van der Waals surface area (Å²) in [6.07, 6.45) is 7.75. The Bertz CT molecular complexity index is 684. The Morgan fingerprint density at radius 2 is 2.00 bits per heavy atom. The lowest BCUT2D eigenvalue weighted by Gasteiger charge is -2.10. The van der Waals surface area contributed by atoms with Crippen molar-refractivity contribution in [2.75, 3.05) is 0 Å². The maximum atomic E-state index is 4.30. The Hall–Kier alpha value is -2.40. The van der Waals surface area contributed by atoms with E-state index >= 15 is 0 Å². The summed E-state index contributed by atoms with van der Waals surface area (Å²) >= 11 is 0. The Labute approximate surface area is 124 Å². The third kappa shape index (κ3) is 3.20. The molecule has 1 aromatic carbocycles. The maximum absolute atomic E-state index is 4.30. The summed E-state index contributed by atoms with van der Waals surface area (Å²) in [4.78, 5) is 0. The molecule has 3 aromatic rings. The van der Waals surface area contributed by atoms with Gasteiger partial charge < -0.3 is 5.32 Å². The second-order valence-electron chi connectivity index (χ2n) is 4.89. The van der Waals surface area contributed by atoms with Crippen LogP contribution in [0.25, 0.3) is 5.69 Å². The number of para-hydroxylation sites is 1. The summed E-state index contributed by atoms with van der Waals surface area (Å²) in [6.45, 7) is 4.60. The van der Waals surface area contributed by atoms with Crippen LogP contribution in [-0.4, -0.2) is 19.6 Å². The molecular formula is C16H19N5. The minimum atomic E-state index is 0.799. The highest BCUT2D eigenvalue weighted by molar-refractivity contribution is 5.40. The van der Waals surface area contributed by atoms with Crippen molar-refractivity contribution >= 4 is 0 Å². The largest absolute Gasteiger partial charge is 0.308 e. The predicted molar refractivity (Wildman–Crippen MR) is 82.0 cm³/mol. The summed E-state index contributed by atoms with van der Waals surface area (Å²) in [5.74, 6) is 0. The maximum Gasteiger partial charge on any atom is 0.0690 e. The Kier molecular flexibility index (Phi) is 4.12. The van der Waals surface area contributed by atoms with Gasteiger partial charge in [-0.05, 0) is 24.6 Å². The van der Waals surface area contributed by atoms with Gasteiger partial charge in [-0.2, -0.15) is 10.2 Å². The lowest BCUT2D eigenvalue weighted by Crippen LogP contribution is -2.14. The fraction of sp³-hybridized carbons (Fsp3) is 0.250. The van der Waals surface area contributed by atoms with Crippen molar-refractivity contribution in [2.24, 2.45) is 0 Å². The van der Waals surface area contributed by atoms with E-state index in [9.17, 15) is 0 Å². The molecule has 0 spiro atoms. The second-order valence-corrected chi connectivity index (χ2v) is 4.89. The molecule has 2 heterocycles. The van der Waals surface area contributed by atoms with Crippen LogP contribution in [0.3, 0.4) is 0 Å². The van der Waals surface area contributed by atoms with Gasteiger partial charge in [0.1, 0.15) is 0 Å². The Morgan fingerprint density at radius 3 is 2.76 bits per heavy atom. The zero-order valence-corrected chi connectivity index (χ0v) is 12.1. The number of rotatable bonds is 6. The molecule has 21 heavy (non-hydrogen) atoms. The quantitative estimate of drug-likeness (QED) is 0.754. The van der Waals surface area contributed by atoms with Crippen LogP contribution in [0.5, 0.6) is 0 Å². The van der Waals surface area contributed by atoms with Crippen molar-refractivity contribution < 1.29 is 0 Å². The molecule has 0 saturated carbocycles. The Balaban J connectivity index is 1.65. The van der Waals surface area contributed by atoms with Crippen molar-refractivity contribution in [2.45, 2.75) is 26.6 Å². The van der Waals surface area contributed by atoms with E-state index in [-0.39, 0.29) is 0 Å². The van der Waals surface area contributed by atoms with Crippen LogP contribution in [0.15, 0.2) is 55.1 Å². The van der Waals surface area contributed by atoms with Gasteiger partial charge in [0.15, 0.2) is 0 Å². The molecule has 0 fully saturated rings. The molecule has 0 aliphatic heterocycles. The number of nitrogens with one attached hydrogen (secondary N) is 1. The fourth-order valence-corrected chi connectivity index (χ4v) is 2.31. The standard InChI is InChI=1S/C16H19N5/c1-2-20-13-14(11-19-20)10-17-12-15-6-3-4-7-16(15)21-9-5-8-18-21/h3-9,11,13,17H,2,10,12H2,1H3. The number of hydrogen-bond donors (Lipinski definition) is 1. The van der Waals surface area contributed by atoms with Crippen LogP contribution in [-0.2, 0) is 19.6 Å². The number of hydrogen-bond acceptors (Lipinski definition) is 3. The third-order valence-corrected chi connectivity index (χ3v) is 3.40. The topological polar surface area (TPSA) is 47.7 Å². The normalized spacial score (nSPS) is 10.9. The van der Waals surface area contributed by atoms with Crippen LogP contribution in [0.1, 0.15) is 18.1 Å². The highest BCUT2D eigenvalue weighted by Gasteiger charge is 2.04. The van der Waals surface area contributed by atoms with E-state index in [0.717, 1.165) is 25.3 Å². The van der Waals surface area contributed by atoms with Crippen LogP contribution >= 0.6 is 0 Å². The van der Waals surface area contributed by atoms with Gasteiger partial charge >= 0.3 is 0 Å². The molecule has 2 aromatic heterocycles. The first-order chi connectivity index (χ1) is 10.4. The smallest absolute Gasteiger partial charge is 0.0690 e. The zero-order chi connectivity index (χ0) is 14.5. The number of nitrogens with zero attached hydrogens (tertiary/aromatic N) is 4. The van der Waals surface area contributed by atoms with Crippen molar-refractivity contribution in [3.63, 3.8) is 0 Å². The third-order valence-electron chi connectivity index (χ3n) is 3.40. The van der Waals surface area contributed by atoms with Gasteiger partial charge in [-0.15, -0.1) is 0 Å². The summed E-state index contributed by atoms with van der Waals surface area (Å²) in [5.41, 5.74) is 3.54. The fourth-order valence-electron chi connectivity index (χ4n) is 2.31. The average molecular weight is 281 g/mol. The highest BCUT2D eigenvalue weighted by Crippen LogP contribution is 2.13.